The summed E-state index contributed by atoms with van der Waals surface area (Å²) >= 11 is 0. The van der Waals surface area contributed by atoms with Gasteiger partial charge in [-0.1, -0.05) is 28.5 Å². The first-order valence-corrected chi connectivity index (χ1v) is 3.80. The van der Waals surface area contributed by atoms with Crippen LogP contribution in [0.15, 0.2) is 47.4 Å². The predicted molar refractivity (Wildman–Crippen MR) is 47.7 cm³/mol. The average Bonchev–Trinajstić information content (AvgIpc) is 2.77. The van der Waals surface area contributed by atoms with Crippen LogP contribution < -0.4 is 0 Å². The van der Waals surface area contributed by atoms with E-state index in [4.69, 9.17) is 5.11 Å². The van der Waals surface area contributed by atoms with Crippen LogP contribution >= 0.6 is 0 Å². The molecule has 0 radical (unpaired) electrons. The topological polar surface area (TPSA) is 76.2 Å². The molecule has 0 aliphatic carbocycles. The van der Waals surface area contributed by atoms with E-state index in [1.54, 1.807) is 30.3 Å². The van der Waals surface area contributed by atoms with Gasteiger partial charge in [0.05, 0.1) is 18.0 Å². The van der Waals surface area contributed by atoms with Crippen molar-refractivity contribution in [3.05, 3.63) is 48.3 Å². The second-order valence-electron chi connectivity index (χ2n) is 2.26. The van der Waals surface area contributed by atoms with Crippen molar-refractivity contribution >= 4 is 5.97 Å². The summed E-state index contributed by atoms with van der Waals surface area (Å²) in [5, 5.41) is 14.9. The quantitative estimate of drug-likeness (QED) is 0.740. The third-order valence-electron chi connectivity index (χ3n) is 1.30. The molecule has 14 heavy (non-hydrogen) atoms. The molecule has 0 saturated heterocycles. The molecule has 0 spiro atoms. The molecule has 0 unspecified atom stereocenters. The summed E-state index contributed by atoms with van der Waals surface area (Å²) in [4.78, 5) is 10.2. The number of aromatic nitrogens is 2. The maximum atomic E-state index is 10.2. The summed E-state index contributed by atoms with van der Waals surface area (Å²) in [7, 11) is 0. The zero-order chi connectivity index (χ0) is 10.2. The Morgan fingerprint density at radius 2 is 1.71 bits per heavy atom. The molecule has 0 bridgehead atoms. The highest BCUT2D eigenvalue weighted by Gasteiger charge is 1.96. The van der Waals surface area contributed by atoms with E-state index < -0.39 is 5.97 Å². The molecule has 1 N–H and O–H groups in total. The predicted octanol–water partition coefficient (Wildman–Crippen LogP) is 1.45. The zero-order valence-electron chi connectivity index (χ0n) is 7.20. The van der Waals surface area contributed by atoms with Crippen molar-refractivity contribution in [2.75, 3.05) is 0 Å². The lowest BCUT2D eigenvalue weighted by molar-refractivity contribution is 0.0697. The van der Waals surface area contributed by atoms with E-state index in [1.807, 2.05) is 0 Å². The van der Waals surface area contributed by atoms with Crippen molar-refractivity contribution in [2.24, 2.45) is 0 Å². The van der Waals surface area contributed by atoms with Crippen LogP contribution in [0.3, 0.4) is 0 Å². The van der Waals surface area contributed by atoms with Crippen LogP contribution in [-0.4, -0.2) is 21.4 Å². The molecule has 1 heterocycles. The molecular weight excluding hydrogens is 184 g/mol. The van der Waals surface area contributed by atoms with Crippen LogP contribution in [0.25, 0.3) is 0 Å². The summed E-state index contributed by atoms with van der Waals surface area (Å²) in [5.41, 5.74) is 0.331. The third-order valence-corrected chi connectivity index (χ3v) is 1.30. The van der Waals surface area contributed by atoms with Crippen molar-refractivity contribution in [1.82, 2.24) is 10.3 Å². The maximum Gasteiger partial charge on any atom is 0.335 e. The Morgan fingerprint density at radius 3 is 2.00 bits per heavy atom. The Bertz CT molecular complexity index is 342. The normalized spacial score (nSPS) is 8.57. The van der Waals surface area contributed by atoms with Crippen molar-refractivity contribution in [2.45, 2.75) is 0 Å². The number of carbonyl (C=O) groups is 1. The van der Waals surface area contributed by atoms with Gasteiger partial charge in [0.25, 0.3) is 0 Å². The smallest absolute Gasteiger partial charge is 0.335 e. The van der Waals surface area contributed by atoms with Gasteiger partial charge in [-0.25, -0.2) is 9.42 Å². The number of nitrogens with zero attached hydrogens (tertiary/aromatic N) is 2. The molecule has 72 valence electrons. The summed E-state index contributed by atoms with van der Waals surface area (Å²) in [6, 6.07) is 8.30. The van der Waals surface area contributed by atoms with Gasteiger partial charge in [-0.3, -0.25) is 0 Å². The molecule has 1 aromatic heterocycles. The molecule has 0 aliphatic heterocycles. The third kappa shape index (κ3) is 3.48. The molecule has 0 saturated carbocycles. The minimum absolute atomic E-state index is 0.331. The minimum atomic E-state index is -0.879. The number of rotatable bonds is 1. The van der Waals surface area contributed by atoms with Gasteiger partial charge in [0.2, 0.25) is 0 Å². The highest BCUT2D eigenvalue weighted by molar-refractivity contribution is 5.87. The monoisotopic (exact) mass is 192 g/mol. The summed E-state index contributed by atoms with van der Waals surface area (Å²) in [5.74, 6) is -0.879. The molecule has 0 aliphatic rings. The molecule has 1 aromatic carbocycles. The average molecular weight is 192 g/mol. The molecule has 0 amide bonds. The van der Waals surface area contributed by atoms with Gasteiger partial charge in [-0.05, 0) is 12.1 Å². The Morgan fingerprint density at radius 1 is 1.14 bits per heavy atom. The molecule has 0 atom stereocenters. The van der Waals surface area contributed by atoms with Gasteiger partial charge in [0.1, 0.15) is 0 Å². The second-order valence-corrected chi connectivity index (χ2v) is 2.26. The Labute approximate surface area is 80.0 Å². The van der Waals surface area contributed by atoms with Crippen LogP contribution in [0.4, 0.5) is 0 Å². The minimum Gasteiger partial charge on any atom is -0.478 e. The lowest BCUT2D eigenvalue weighted by Crippen LogP contribution is -1.93. The van der Waals surface area contributed by atoms with Crippen LogP contribution in [0, 0.1) is 0 Å². The molecule has 0 fully saturated rings. The van der Waals surface area contributed by atoms with Gasteiger partial charge < -0.3 is 5.11 Å². The van der Waals surface area contributed by atoms with Crippen molar-refractivity contribution in [3.8, 4) is 0 Å². The number of benzene rings is 1. The molecular formula is C9H8N2O3. The standard InChI is InChI=1S/C7H6O2.C2H2N2O/c8-7(9)6-4-2-1-3-5-6;1-2-4-5-3-1/h1-5H,(H,8,9);1-2H. The first kappa shape index (κ1) is 9.91. The fourth-order valence-electron chi connectivity index (χ4n) is 0.717. The molecule has 2 rings (SSSR count). The Hall–Kier alpha value is -2.17. The van der Waals surface area contributed by atoms with Gasteiger partial charge in [-0.2, -0.15) is 0 Å². The molecule has 5 nitrogen and oxygen atoms in total. The molecule has 5 heteroatoms. The molecule has 2 aromatic rings. The van der Waals surface area contributed by atoms with E-state index >= 15 is 0 Å². The lowest BCUT2D eigenvalue weighted by atomic mass is 10.2. The van der Waals surface area contributed by atoms with Crippen molar-refractivity contribution in [1.29, 1.82) is 0 Å². The number of carboxylic acid groups (broad SMARTS) is 1. The Balaban J connectivity index is 0.000000165. The summed E-state index contributed by atoms with van der Waals surface area (Å²) in [6.07, 6.45) is 2.94. The highest BCUT2D eigenvalue weighted by atomic mass is 16.6. The van der Waals surface area contributed by atoms with Crippen molar-refractivity contribution < 1.29 is 14.5 Å². The maximum absolute atomic E-state index is 10.2. The number of hydrogen-bond donors (Lipinski definition) is 1. The summed E-state index contributed by atoms with van der Waals surface area (Å²) < 4.78 is 4.08. The van der Waals surface area contributed by atoms with Gasteiger partial charge in [0, 0.05) is 0 Å². The lowest BCUT2D eigenvalue weighted by Gasteiger charge is -1.88. The highest BCUT2D eigenvalue weighted by Crippen LogP contribution is 1.96. The fraction of sp³-hybridized carbons (Fsp3) is 0. The first-order valence-electron chi connectivity index (χ1n) is 3.80. The van der Waals surface area contributed by atoms with Crippen LogP contribution in [0.2, 0.25) is 0 Å². The Kier molecular flexibility index (Phi) is 3.87. The fourth-order valence-corrected chi connectivity index (χ4v) is 0.717. The summed E-state index contributed by atoms with van der Waals surface area (Å²) in [6.45, 7) is 0. The van der Waals surface area contributed by atoms with Crippen LogP contribution in [0.1, 0.15) is 10.4 Å². The van der Waals surface area contributed by atoms with E-state index in [0.717, 1.165) is 0 Å². The van der Waals surface area contributed by atoms with E-state index in [2.05, 4.69) is 14.9 Å². The number of carboxylic acids is 1. The van der Waals surface area contributed by atoms with E-state index in [1.165, 1.54) is 12.4 Å². The van der Waals surface area contributed by atoms with E-state index in [-0.39, 0.29) is 0 Å². The van der Waals surface area contributed by atoms with E-state index in [0.29, 0.717) is 5.56 Å². The zero-order valence-corrected chi connectivity index (χ0v) is 7.20. The van der Waals surface area contributed by atoms with Crippen molar-refractivity contribution in [3.63, 3.8) is 0 Å². The largest absolute Gasteiger partial charge is 0.478 e. The SMILES string of the molecule is O=C(O)c1ccccc1.c1cnon1. The van der Waals surface area contributed by atoms with Gasteiger partial charge in [0.15, 0.2) is 0 Å². The van der Waals surface area contributed by atoms with Crippen LogP contribution in [-0.2, 0) is 0 Å². The number of aromatic carboxylic acids is 1. The van der Waals surface area contributed by atoms with Gasteiger partial charge >= 0.3 is 5.97 Å². The second kappa shape index (κ2) is 5.47. The van der Waals surface area contributed by atoms with Gasteiger partial charge in [-0.15, -0.1) is 0 Å². The van der Waals surface area contributed by atoms with E-state index in [9.17, 15) is 4.79 Å². The van der Waals surface area contributed by atoms with Crippen LogP contribution in [0.5, 0.6) is 0 Å². The first-order chi connectivity index (χ1) is 6.80. The number of hydrogen-bond acceptors (Lipinski definition) is 4.